The van der Waals surface area contributed by atoms with Crippen LogP contribution in [0.4, 0.5) is 0 Å². The van der Waals surface area contributed by atoms with Crippen LogP contribution in [0.3, 0.4) is 0 Å². The summed E-state index contributed by atoms with van der Waals surface area (Å²) in [5.74, 6) is 0.0744. The predicted octanol–water partition coefficient (Wildman–Crippen LogP) is 6.55. The number of thiophene rings is 1. The van der Waals surface area contributed by atoms with Crippen molar-refractivity contribution >= 4 is 44.9 Å². The number of unbranched alkanes of at least 4 members (excludes halogenated alkanes) is 1. The third kappa shape index (κ3) is 4.55. The second kappa shape index (κ2) is 9.04. The lowest BCUT2D eigenvalue weighted by Crippen LogP contribution is -2.07. The molecule has 2 heterocycles. The lowest BCUT2D eigenvalue weighted by Gasteiger charge is -2.04. The first-order valence-electron chi connectivity index (χ1n) is 10.0. The molecule has 0 spiro atoms. The summed E-state index contributed by atoms with van der Waals surface area (Å²) in [6, 6.07) is 16.0. The molecule has 0 saturated carbocycles. The highest BCUT2D eigenvalue weighted by Crippen LogP contribution is 2.34. The Hall–Kier alpha value is -2.96. The van der Waals surface area contributed by atoms with Crippen molar-refractivity contribution in [3.05, 3.63) is 70.1 Å². The van der Waals surface area contributed by atoms with Gasteiger partial charge in [-0.1, -0.05) is 37.1 Å². The van der Waals surface area contributed by atoms with Gasteiger partial charge < -0.3 is 4.74 Å². The van der Waals surface area contributed by atoms with E-state index in [4.69, 9.17) is 16.3 Å². The molecule has 0 atom stereocenters. The van der Waals surface area contributed by atoms with Crippen LogP contribution in [0.5, 0.6) is 5.75 Å². The molecular weight excluding hydrogens is 432 g/mol. The molecule has 0 aliphatic rings. The molecule has 0 fully saturated rings. The van der Waals surface area contributed by atoms with Gasteiger partial charge in [0.2, 0.25) is 0 Å². The second-order valence-corrected chi connectivity index (χ2v) is 8.72. The van der Waals surface area contributed by atoms with Crippen molar-refractivity contribution in [3.8, 4) is 17.0 Å². The van der Waals surface area contributed by atoms with Crippen LogP contribution in [-0.2, 0) is 7.05 Å². The first kappa shape index (κ1) is 21.3. The van der Waals surface area contributed by atoms with Gasteiger partial charge >= 0.3 is 5.97 Å². The zero-order valence-electron chi connectivity index (χ0n) is 17.2. The van der Waals surface area contributed by atoms with E-state index in [9.17, 15) is 9.59 Å². The van der Waals surface area contributed by atoms with Crippen LogP contribution in [0.1, 0.15) is 46.2 Å². The van der Waals surface area contributed by atoms with Gasteiger partial charge in [-0.3, -0.25) is 9.48 Å². The van der Waals surface area contributed by atoms with Crippen molar-refractivity contribution in [2.75, 3.05) is 0 Å². The first-order chi connectivity index (χ1) is 15.0. The average molecular weight is 453 g/mol. The topological polar surface area (TPSA) is 61.2 Å². The van der Waals surface area contributed by atoms with Crippen LogP contribution < -0.4 is 4.74 Å². The van der Waals surface area contributed by atoms with Crippen LogP contribution in [0.15, 0.2) is 54.6 Å². The molecule has 0 radical (unpaired) electrons. The highest BCUT2D eigenvalue weighted by atomic mass is 35.5. The smallest absolute Gasteiger partial charge is 0.353 e. The number of esters is 1. The minimum atomic E-state index is -0.437. The van der Waals surface area contributed by atoms with Crippen LogP contribution in [-0.4, -0.2) is 21.5 Å². The molecule has 0 saturated heterocycles. The van der Waals surface area contributed by atoms with E-state index in [0.29, 0.717) is 27.6 Å². The Morgan fingerprint density at radius 3 is 2.48 bits per heavy atom. The summed E-state index contributed by atoms with van der Waals surface area (Å²) in [6.45, 7) is 2.05. The Morgan fingerprint density at radius 1 is 1.10 bits per heavy atom. The molecule has 0 amide bonds. The highest BCUT2D eigenvalue weighted by Gasteiger charge is 2.19. The molecule has 2 aromatic heterocycles. The first-order valence-corrected chi connectivity index (χ1v) is 11.2. The number of nitrogens with zero attached hydrogens (tertiary/aromatic N) is 2. The maximum atomic E-state index is 12.7. The summed E-state index contributed by atoms with van der Waals surface area (Å²) in [6.07, 6.45) is 2.38. The number of hydrogen-bond acceptors (Lipinski definition) is 5. The van der Waals surface area contributed by atoms with Crippen LogP contribution in [0.2, 0.25) is 5.02 Å². The summed E-state index contributed by atoms with van der Waals surface area (Å²) >= 11 is 7.32. The third-order valence-electron chi connectivity index (χ3n) is 4.97. The number of Topliss-reactive ketones (excluding diaryl/α,β-unsaturated/α-hetero) is 1. The van der Waals surface area contributed by atoms with E-state index in [1.807, 2.05) is 37.4 Å². The number of benzene rings is 2. The maximum Gasteiger partial charge on any atom is 0.353 e. The summed E-state index contributed by atoms with van der Waals surface area (Å²) < 4.78 is 7.29. The summed E-state index contributed by atoms with van der Waals surface area (Å²) in [5.41, 5.74) is 2.35. The third-order valence-corrected chi connectivity index (χ3v) is 6.41. The van der Waals surface area contributed by atoms with Crippen LogP contribution >= 0.6 is 22.9 Å². The quantitative estimate of drug-likeness (QED) is 0.181. The summed E-state index contributed by atoms with van der Waals surface area (Å²) in [5, 5.41) is 6.13. The van der Waals surface area contributed by atoms with Gasteiger partial charge in [0, 0.05) is 35.0 Å². The minimum Gasteiger partial charge on any atom is -0.422 e. The van der Waals surface area contributed by atoms with Gasteiger partial charge in [-0.15, -0.1) is 11.3 Å². The SMILES string of the molecule is CCCCC(=O)c1ccc(OC(=O)c2cc3c(-c4ccc(Cl)cc4)nn(C)c3s2)cc1. The van der Waals surface area contributed by atoms with Gasteiger partial charge in [0.25, 0.3) is 0 Å². The average Bonchev–Trinajstić information content (AvgIpc) is 3.34. The second-order valence-electron chi connectivity index (χ2n) is 7.25. The van der Waals surface area contributed by atoms with Gasteiger partial charge in [-0.05, 0) is 48.9 Å². The Labute approximate surface area is 189 Å². The van der Waals surface area contributed by atoms with Crippen LogP contribution in [0, 0.1) is 0 Å². The predicted molar refractivity (Wildman–Crippen MR) is 124 cm³/mol. The number of carbonyl (C=O) groups is 2. The van der Waals surface area contributed by atoms with Crippen molar-refractivity contribution in [1.82, 2.24) is 9.78 Å². The number of hydrogen-bond donors (Lipinski definition) is 0. The maximum absolute atomic E-state index is 12.7. The van der Waals surface area contributed by atoms with Gasteiger partial charge in [-0.2, -0.15) is 5.10 Å². The van der Waals surface area contributed by atoms with Gasteiger partial charge in [0.15, 0.2) is 5.78 Å². The number of rotatable bonds is 7. The van der Waals surface area contributed by atoms with Crippen molar-refractivity contribution in [3.63, 3.8) is 0 Å². The largest absolute Gasteiger partial charge is 0.422 e. The number of fused-ring (bicyclic) bond motifs is 1. The number of carbonyl (C=O) groups excluding carboxylic acids is 2. The minimum absolute atomic E-state index is 0.103. The van der Waals surface area contributed by atoms with Crippen molar-refractivity contribution in [1.29, 1.82) is 0 Å². The number of halogens is 1. The van der Waals surface area contributed by atoms with E-state index in [1.165, 1.54) is 11.3 Å². The Morgan fingerprint density at radius 2 is 1.81 bits per heavy atom. The lowest BCUT2D eigenvalue weighted by molar-refractivity contribution is 0.0740. The number of aromatic nitrogens is 2. The highest BCUT2D eigenvalue weighted by molar-refractivity contribution is 7.20. The number of aryl methyl sites for hydroxylation is 1. The standard InChI is InChI=1S/C24H21ClN2O3S/c1-3-4-5-20(28)15-8-12-18(13-9-15)30-24(29)21-14-19-22(26-27(2)23(19)31-21)16-6-10-17(25)11-7-16/h6-14H,3-5H2,1-2H3. The summed E-state index contributed by atoms with van der Waals surface area (Å²) in [4.78, 5) is 26.2. The molecule has 0 bridgehead atoms. The molecule has 4 aromatic rings. The molecular formula is C24H21ClN2O3S. The molecule has 5 nitrogen and oxygen atoms in total. The van der Waals surface area contributed by atoms with E-state index in [-0.39, 0.29) is 5.78 Å². The van der Waals surface area contributed by atoms with E-state index in [1.54, 1.807) is 28.9 Å². The molecule has 2 aromatic carbocycles. The zero-order chi connectivity index (χ0) is 22.0. The molecule has 0 unspecified atom stereocenters. The van der Waals surface area contributed by atoms with Gasteiger partial charge in [-0.25, -0.2) is 4.79 Å². The van der Waals surface area contributed by atoms with Gasteiger partial charge in [0.05, 0.1) is 0 Å². The zero-order valence-corrected chi connectivity index (χ0v) is 18.8. The number of ether oxygens (including phenoxy) is 1. The fraction of sp³-hybridized carbons (Fsp3) is 0.208. The van der Waals surface area contributed by atoms with E-state index < -0.39 is 5.97 Å². The Bertz CT molecular complexity index is 1240. The molecule has 0 aliphatic heterocycles. The van der Waals surface area contributed by atoms with Crippen molar-refractivity contribution in [2.24, 2.45) is 7.05 Å². The van der Waals surface area contributed by atoms with E-state index in [0.717, 1.165) is 34.3 Å². The molecule has 0 aliphatic carbocycles. The normalized spacial score (nSPS) is 11.1. The van der Waals surface area contributed by atoms with E-state index in [2.05, 4.69) is 12.0 Å². The van der Waals surface area contributed by atoms with E-state index >= 15 is 0 Å². The van der Waals surface area contributed by atoms with Crippen LogP contribution in [0.25, 0.3) is 21.5 Å². The molecule has 158 valence electrons. The Balaban J connectivity index is 1.54. The van der Waals surface area contributed by atoms with Crippen molar-refractivity contribution in [2.45, 2.75) is 26.2 Å². The van der Waals surface area contributed by atoms with Crippen molar-refractivity contribution < 1.29 is 14.3 Å². The molecule has 4 rings (SSSR count). The summed E-state index contributed by atoms with van der Waals surface area (Å²) in [7, 11) is 1.85. The fourth-order valence-electron chi connectivity index (χ4n) is 3.31. The molecule has 7 heteroatoms. The monoisotopic (exact) mass is 452 g/mol. The number of ketones is 1. The fourth-order valence-corrected chi connectivity index (χ4v) is 4.38. The lowest BCUT2D eigenvalue weighted by atomic mass is 10.1. The molecule has 0 N–H and O–H groups in total. The van der Waals surface area contributed by atoms with Gasteiger partial charge in [0.1, 0.15) is 21.2 Å². The Kier molecular flexibility index (Phi) is 6.20. The molecule has 31 heavy (non-hydrogen) atoms.